The van der Waals surface area contributed by atoms with Gasteiger partial charge in [0.05, 0.1) is 7.11 Å². The Morgan fingerprint density at radius 1 is 1.36 bits per heavy atom. The Hall–Kier alpha value is -2.12. The Morgan fingerprint density at radius 3 is 2.72 bits per heavy atom. The summed E-state index contributed by atoms with van der Waals surface area (Å²) in [5.41, 5.74) is 6.38. The number of hydrogen-bond donors (Lipinski definition) is 2. The third-order valence-electron chi connectivity index (χ3n) is 3.66. The van der Waals surface area contributed by atoms with E-state index in [2.05, 4.69) is 15.5 Å². The van der Waals surface area contributed by atoms with Crippen molar-refractivity contribution in [1.29, 1.82) is 0 Å². The Bertz CT molecular complexity index is 646. The summed E-state index contributed by atoms with van der Waals surface area (Å²) in [7, 11) is 1.62. The molecule has 0 aliphatic heterocycles. The van der Waals surface area contributed by atoms with Crippen LogP contribution in [-0.2, 0) is 11.2 Å². The third kappa shape index (κ3) is 6.72. The minimum absolute atomic E-state index is 0. The molecule has 0 aliphatic rings. The molecular formula is C17H25ClN4O3. The van der Waals surface area contributed by atoms with Gasteiger partial charge in [0.1, 0.15) is 5.75 Å². The van der Waals surface area contributed by atoms with Crippen molar-refractivity contribution in [2.75, 3.05) is 20.2 Å². The standard InChI is InChI=1S/C17H24N4O3.ClH/c1-12(10-18)11-19-15(22)4-3-5-16-20-17(21-24-16)13-6-8-14(23-2)9-7-13;/h6-9,12H,3-5,10-11,18H2,1-2H3,(H,19,22);1H. The Balaban J connectivity index is 0.00000312. The predicted octanol–water partition coefficient (Wildman–Crippen LogP) is 2.20. The molecule has 2 aromatic rings. The maximum absolute atomic E-state index is 11.7. The molecule has 7 nitrogen and oxygen atoms in total. The van der Waals surface area contributed by atoms with E-state index in [1.165, 1.54) is 0 Å². The van der Waals surface area contributed by atoms with Crippen LogP contribution in [0.3, 0.4) is 0 Å². The number of amides is 1. The van der Waals surface area contributed by atoms with Crippen LogP contribution in [-0.4, -0.2) is 36.2 Å². The number of carbonyl (C=O) groups excluding carboxylic acids is 1. The first-order chi connectivity index (χ1) is 11.6. The number of hydrogen-bond acceptors (Lipinski definition) is 6. The van der Waals surface area contributed by atoms with Crippen molar-refractivity contribution in [3.63, 3.8) is 0 Å². The monoisotopic (exact) mass is 368 g/mol. The third-order valence-corrected chi connectivity index (χ3v) is 3.66. The molecule has 0 aliphatic carbocycles. The Morgan fingerprint density at radius 2 is 2.08 bits per heavy atom. The highest BCUT2D eigenvalue weighted by Gasteiger charge is 2.10. The van der Waals surface area contributed by atoms with E-state index in [4.69, 9.17) is 15.0 Å². The van der Waals surface area contributed by atoms with Crippen LogP contribution in [0, 0.1) is 5.92 Å². The zero-order valence-electron chi connectivity index (χ0n) is 14.5. The molecule has 0 saturated heterocycles. The zero-order chi connectivity index (χ0) is 17.4. The molecule has 0 radical (unpaired) electrons. The number of nitrogens with zero attached hydrogens (tertiary/aromatic N) is 2. The van der Waals surface area contributed by atoms with E-state index in [0.29, 0.717) is 44.1 Å². The van der Waals surface area contributed by atoms with Gasteiger partial charge >= 0.3 is 0 Å². The van der Waals surface area contributed by atoms with Gasteiger partial charge < -0.3 is 20.3 Å². The largest absolute Gasteiger partial charge is 0.497 e. The summed E-state index contributed by atoms with van der Waals surface area (Å²) in [5, 5.41) is 6.83. The van der Waals surface area contributed by atoms with Crippen molar-refractivity contribution in [2.24, 2.45) is 11.7 Å². The van der Waals surface area contributed by atoms with E-state index < -0.39 is 0 Å². The first-order valence-corrected chi connectivity index (χ1v) is 8.06. The van der Waals surface area contributed by atoms with Gasteiger partial charge in [0.15, 0.2) is 0 Å². The lowest BCUT2D eigenvalue weighted by Gasteiger charge is -2.09. The minimum atomic E-state index is 0. The van der Waals surface area contributed by atoms with E-state index in [-0.39, 0.29) is 24.2 Å². The second-order valence-electron chi connectivity index (χ2n) is 5.74. The number of aromatic nitrogens is 2. The molecule has 1 unspecified atom stereocenters. The number of halogens is 1. The van der Waals surface area contributed by atoms with Crippen molar-refractivity contribution in [1.82, 2.24) is 15.5 Å². The fourth-order valence-electron chi connectivity index (χ4n) is 2.07. The highest BCUT2D eigenvalue weighted by molar-refractivity contribution is 5.85. The zero-order valence-corrected chi connectivity index (χ0v) is 15.3. The quantitative estimate of drug-likeness (QED) is 0.703. The summed E-state index contributed by atoms with van der Waals surface area (Å²) in [5.74, 6) is 2.15. The highest BCUT2D eigenvalue weighted by Crippen LogP contribution is 2.20. The first-order valence-electron chi connectivity index (χ1n) is 8.06. The smallest absolute Gasteiger partial charge is 0.226 e. The maximum atomic E-state index is 11.7. The van der Waals surface area contributed by atoms with Gasteiger partial charge in [-0.2, -0.15) is 4.98 Å². The Labute approximate surface area is 153 Å². The summed E-state index contributed by atoms with van der Waals surface area (Å²) < 4.78 is 10.4. The number of ether oxygens (including phenoxy) is 1. The van der Waals surface area contributed by atoms with E-state index in [1.807, 2.05) is 31.2 Å². The van der Waals surface area contributed by atoms with E-state index in [9.17, 15) is 4.79 Å². The van der Waals surface area contributed by atoms with E-state index in [1.54, 1.807) is 7.11 Å². The lowest BCUT2D eigenvalue weighted by molar-refractivity contribution is -0.121. The lowest BCUT2D eigenvalue weighted by atomic mass is 10.2. The van der Waals surface area contributed by atoms with Crippen molar-refractivity contribution in [3.05, 3.63) is 30.2 Å². The van der Waals surface area contributed by atoms with Gasteiger partial charge in [0, 0.05) is 24.9 Å². The molecule has 0 spiro atoms. The number of methoxy groups -OCH3 is 1. The molecule has 25 heavy (non-hydrogen) atoms. The van der Waals surface area contributed by atoms with Crippen LogP contribution >= 0.6 is 12.4 Å². The molecule has 8 heteroatoms. The maximum Gasteiger partial charge on any atom is 0.226 e. The SMILES string of the molecule is COc1ccc(-c2noc(CCCC(=O)NCC(C)CN)n2)cc1.Cl. The molecule has 138 valence electrons. The molecule has 0 bridgehead atoms. The fraction of sp³-hybridized carbons (Fsp3) is 0.471. The van der Waals surface area contributed by atoms with Crippen LogP contribution < -0.4 is 15.8 Å². The number of aryl methyl sites for hydroxylation is 1. The highest BCUT2D eigenvalue weighted by atomic mass is 35.5. The number of nitrogens with one attached hydrogen (secondary N) is 1. The van der Waals surface area contributed by atoms with Crippen LogP contribution in [0.25, 0.3) is 11.4 Å². The van der Waals surface area contributed by atoms with Crippen LogP contribution in [0.15, 0.2) is 28.8 Å². The van der Waals surface area contributed by atoms with Crippen LogP contribution in [0.4, 0.5) is 0 Å². The summed E-state index contributed by atoms with van der Waals surface area (Å²) in [6.45, 7) is 3.17. The van der Waals surface area contributed by atoms with Gasteiger partial charge in [-0.1, -0.05) is 12.1 Å². The van der Waals surface area contributed by atoms with Crippen molar-refractivity contribution in [2.45, 2.75) is 26.2 Å². The molecular weight excluding hydrogens is 344 g/mol. The molecule has 2 rings (SSSR count). The summed E-state index contributed by atoms with van der Waals surface area (Å²) in [4.78, 5) is 16.1. The minimum Gasteiger partial charge on any atom is -0.497 e. The van der Waals surface area contributed by atoms with Gasteiger partial charge in [-0.25, -0.2) is 0 Å². The van der Waals surface area contributed by atoms with Crippen molar-refractivity contribution in [3.8, 4) is 17.1 Å². The molecule has 1 atom stereocenters. The lowest BCUT2D eigenvalue weighted by Crippen LogP contribution is -2.31. The molecule has 0 saturated carbocycles. The molecule has 1 amide bonds. The van der Waals surface area contributed by atoms with E-state index in [0.717, 1.165) is 11.3 Å². The molecule has 3 N–H and O–H groups in total. The van der Waals surface area contributed by atoms with Gasteiger partial charge in [0.2, 0.25) is 17.6 Å². The molecule has 1 aromatic carbocycles. The summed E-state index contributed by atoms with van der Waals surface area (Å²) in [6.07, 6.45) is 1.66. The topological polar surface area (TPSA) is 103 Å². The fourth-order valence-corrected chi connectivity index (χ4v) is 2.07. The van der Waals surface area contributed by atoms with Crippen molar-refractivity contribution < 1.29 is 14.1 Å². The average Bonchev–Trinajstić information content (AvgIpc) is 3.08. The average molecular weight is 369 g/mol. The number of carbonyl (C=O) groups is 1. The van der Waals surface area contributed by atoms with Crippen LogP contribution in [0.2, 0.25) is 0 Å². The number of nitrogens with two attached hydrogens (primary N) is 1. The van der Waals surface area contributed by atoms with E-state index >= 15 is 0 Å². The summed E-state index contributed by atoms with van der Waals surface area (Å²) in [6, 6.07) is 7.44. The molecule has 1 aromatic heterocycles. The van der Waals surface area contributed by atoms with Gasteiger partial charge in [-0.05, 0) is 43.1 Å². The normalized spacial score (nSPS) is 11.5. The van der Waals surface area contributed by atoms with Crippen LogP contribution in [0.5, 0.6) is 5.75 Å². The number of rotatable bonds is 9. The second-order valence-corrected chi connectivity index (χ2v) is 5.74. The van der Waals surface area contributed by atoms with Crippen molar-refractivity contribution >= 4 is 18.3 Å². The number of benzene rings is 1. The van der Waals surface area contributed by atoms with Crippen LogP contribution in [0.1, 0.15) is 25.7 Å². The molecule has 0 fully saturated rings. The second kappa shape index (κ2) is 10.7. The first kappa shape index (κ1) is 20.9. The Kier molecular flexibility index (Phi) is 8.94. The predicted molar refractivity (Wildman–Crippen MR) is 97.7 cm³/mol. The van der Waals surface area contributed by atoms with Gasteiger partial charge in [-0.3, -0.25) is 4.79 Å². The summed E-state index contributed by atoms with van der Waals surface area (Å²) >= 11 is 0. The van der Waals surface area contributed by atoms with Gasteiger partial charge in [-0.15, -0.1) is 12.4 Å². The molecule has 1 heterocycles. The van der Waals surface area contributed by atoms with Gasteiger partial charge in [0.25, 0.3) is 0 Å².